The fourth-order valence-corrected chi connectivity index (χ4v) is 8.07. The summed E-state index contributed by atoms with van der Waals surface area (Å²) >= 11 is 0. The molecule has 0 radical (unpaired) electrons. The van der Waals surface area contributed by atoms with Gasteiger partial charge in [0.15, 0.2) is 40.3 Å². The average molecular weight is 1120 g/mol. The van der Waals surface area contributed by atoms with Crippen molar-refractivity contribution in [1.29, 1.82) is 0 Å². The topological polar surface area (TPSA) is 262 Å². The lowest BCUT2D eigenvalue weighted by Gasteiger charge is -2.12. The van der Waals surface area contributed by atoms with Crippen LogP contribution in [0, 0.1) is 0 Å². The van der Waals surface area contributed by atoms with Gasteiger partial charge in [0, 0.05) is 59.2 Å². The molecular weight excluding hydrogens is 1060 g/mol. The molecule has 9 aromatic rings. The van der Waals surface area contributed by atoms with E-state index in [1.807, 2.05) is 0 Å². The fraction of sp³-hybridized carbons (Fsp3) is 0.250. The molecule has 0 amide bonds. The van der Waals surface area contributed by atoms with Crippen LogP contribution in [0.1, 0.15) is 22.3 Å². The van der Waals surface area contributed by atoms with E-state index in [0.29, 0.717) is 68.4 Å². The largest absolute Gasteiger partial charge is 0.502 e. The van der Waals surface area contributed by atoms with Crippen molar-refractivity contribution < 1.29 is 85.4 Å². The Hall–Kier alpha value is -10.1. The van der Waals surface area contributed by atoms with Crippen molar-refractivity contribution in [1.82, 2.24) is 0 Å². The lowest BCUT2D eigenvalue weighted by atomic mass is 10.1. The van der Waals surface area contributed by atoms with E-state index in [1.54, 1.807) is 91.0 Å². The monoisotopic (exact) mass is 1120 g/mol. The summed E-state index contributed by atoms with van der Waals surface area (Å²) < 4.78 is 80.1. The Labute approximate surface area is 466 Å². The summed E-state index contributed by atoms with van der Waals surface area (Å²) in [7, 11) is 17.8. The third-order valence-electron chi connectivity index (χ3n) is 12.0. The van der Waals surface area contributed by atoms with Crippen LogP contribution < -0.4 is 73.1 Å². The number of hydrogen-bond acceptors (Lipinski definition) is 21. The highest BCUT2D eigenvalue weighted by molar-refractivity contribution is 5.91. The first kappa shape index (κ1) is 63.5. The minimum Gasteiger partial charge on any atom is -0.502 e. The zero-order valence-electron chi connectivity index (χ0n) is 44.4. The lowest BCUT2D eigenvalue weighted by molar-refractivity contribution is 0.355. The van der Waals surface area contributed by atoms with Crippen molar-refractivity contribution >= 4 is 32.9 Å². The average Bonchev–Trinajstić information content (AvgIpc) is 3.66. The zero-order chi connectivity index (χ0) is 56.5. The molecule has 0 saturated heterocycles. The van der Waals surface area contributed by atoms with Crippen LogP contribution in [-0.4, -0.2) is 101 Å². The Kier molecular flexibility index (Phi) is 21.6. The first-order valence-electron chi connectivity index (χ1n) is 23.0. The molecule has 21 nitrogen and oxygen atoms in total. The molecule has 9 rings (SSSR count). The molecule has 21 heteroatoms. The summed E-state index contributed by atoms with van der Waals surface area (Å²) in [5.41, 5.74) is 0.221. The molecule has 6 aromatic carbocycles. The van der Waals surface area contributed by atoms with Crippen molar-refractivity contribution in [2.45, 2.75) is 22.3 Å². The molecule has 81 heavy (non-hydrogen) atoms. The number of rotatable bonds is 15. The predicted molar refractivity (Wildman–Crippen MR) is 308 cm³/mol. The minimum absolute atomic E-state index is 0. The molecule has 0 bridgehead atoms. The first-order valence-corrected chi connectivity index (χ1v) is 23.0. The molecule has 0 aliphatic rings. The fourth-order valence-electron chi connectivity index (χ4n) is 8.07. The van der Waals surface area contributed by atoms with Gasteiger partial charge in [-0.2, -0.15) is 0 Å². The van der Waals surface area contributed by atoms with Crippen LogP contribution in [0.4, 0.5) is 0 Å². The third-order valence-corrected chi connectivity index (χ3v) is 12.0. The highest BCUT2D eigenvalue weighted by atomic mass is 16.5. The van der Waals surface area contributed by atoms with Gasteiger partial charge in [0.1, 0.15) is 78.9 Å². The van der Waals surface area contributed by atoms with Gasteiger partial charge in [0.25, 0.3) is 0 Å². The number of fused-ring (bicyclic) bond motifs is 3. The van der Waals surface area contributed by atoms with Crippen molar-refractivity contribution in [3.8, 4) is 120 Å². The van der Waals surface area contributed by atoms with E-state index in [9.17, 15) is 29.7 Å². The molecule has 3 N–H and O–H groups in total. The molecule has 0 atom stereocenters. The van der Waals surface area contributed by atoms with E-state index in [4.69, 9.17) is 70.1 Å². The molecule has 0 unspecified atom stereocenters. The summed E-state index contributed by atoms with van der Waals surface area (Å²) in [6.07, 6.45) is 0. The van der Waals surface area contributed by atoms with Gasteiger partial charge >= 0.3 is 0 Å². The number of methoxy groups -OCH3 is 12. The number of aromatic hydroxyl groups is 3. The SMILES string of the molecule is C.C.C.COc1cc(OC)c2c(=O)c(O)c(-c3ccc(OC)c(OC)c3)oc2c1.COc1cc(OC)c2c(=O)c(O)c(-c3ccc(OC)c(OC)c3)oc2c1.COc1cc(OC)cc(-c2oc3cc(OC)cc(OC)c3c(=O)c2O)c1. The van der Waals surface area contributed by atoms with Crippen LogP contribution in [0.3, 0.4) is 0 Å². The predicted octanol–water partition coefficient (Wildman–Crippen LogP) is 11.5. The first-order chi connectivity index (χ1) is 37.6. The quantitative estimate of drug-likeness (QED) is 0.0861. The summed E-state index contributed by atoms with van der Waals surface area (Å²) in [5, 5.41) is 31.7. The maximum atomic E-state index is 12.7. The van der Waals surface area contributed by atoms with Crippen molar-refractivity contribution in [3.63, 3.8) is 0 Å². The molecule has 432 valence electrons. The second-order valence-corrected chi connectivity index (χ2v) is 16.2. The number of ether oxygens (including phenoxy) is 12. The normalized spacial score (nSPS) is 10.2. The van der Waals surface area contributed by atoms with Gasteiger partial charge in [-0.1, -0.05) is 22.3 Å². The van der Waals surface area contributed by atoms with Crippen LogP contribution in [0.25, 0.3) is 66.9 Å². The summed E-state index contributed by atoms with van der Waals surface area (Å²) in [4.78, 5) is 38.1. The van der Waals surface area contributed by atoms with Gasteiger partial charge in [0.2, 0.25) is 33.5 Å². The van der Waals surface area contributed by atoms with Crippen LogP contribution >= 0.6 is 0 Å². The maximum absolute atomic E-state index is 12.7. The highest BCUT2D eigenvalue weighted by Gasteiger charge is 2.24. The van der Waals surface area contributed by atoms with Crippen LogP contribution in [0.15, 0.2) is 119 Å². The van der Waals surface area contributed by atoms with E-state index in [2.05, 4.69) is 0 Å². The third kappa shape index (κ3) is 12.6. The molecule has 0 aliphatic heterocycles. The van der Waals surface area contributed by atoms with Gasteiger partial charge in [-0.05, 0) is 48.5 Å². The van der Waals surface area contributed by atoms with Gasteiger partial charge in [-0.15, -0.1) is 0 Å². The minimum atomic E-state index is -0.609. The second-order valence-electron chi connectivity index (χ2n) is 16.2. The van der Waals surface area contributed by atoms with Crippen molar-refractivity contribution in [2.24, 2.45) is 0 Å². The molecule has 0 spiro atoms. The van der Waals surface area contributed by atoms with Gasteiger partial charge < -0.3 is 85.4 Å². The van der Waals surface area contributed by atoms with Crippen LogP contribution in [0.2, 0.25) is 0 Å². The molecule has 0 saturated carbocycles. The second kappa shape index (κ2) is 27.5. The Balaban J connectivity index is 0.000000257. The summed E-state index contributed by atoms with van der Waals surface area (Å²) in [6, 6.07) is 24.1. The van der Waals surface area contributed by atoms with Crippen LogP contribution in [0.5, 0.6) is 86.2 Å². The van der Waals surface area contributed by atoms with E-state index in [1.165, 1.54) is 85.3 Å². The van der Waals surface area contributed by atoms with E-state index < -0.39 is 33.5 Å². The van der Waals surface area contributed by atoms with E-state index in [-0.39, 0.29) is 89.7 Å². The number of hydrogen-bond donors (Lipinski definition) is 3. The van der Waals surface area contributed by atoms with E-state index in [0.717, 1.165) is 0 Å². The molecule has 3 aromatic heterocycles. The Morgan fingerprint density at radius 1 is 0.284 bits per heavy atom. The highest BCUT2D eigenvalue weighted by Crippen LogP contribution is 2.42. The maximum Gasteiger partial charge on any atom is 0.238 e. The smallest absolute Gasteiger partial charge is 0.238 e. The Morgan fingerprint density at radius 3 is 0.802 bits per heavy atom. The van der Waals surface area contributed by atoms with E-state index >= 15 is 0 Å². The molecule has 0 aliphatic carbocycles. The van der Waals surface area contributed by atoms with Gasteiger partial charge in [-0.3, -0.25) is 14.4 Å². The zero-order valence-corrected chi connectivity index (χ0v) is 44.4. The number of benzene rings is 6. The Morgan fingerprint density at radius 2 is 0.543 bits per heavy atom. The van der Waals surface area contributed by atoms with Crippen molar-refractivity contribution in [3.05, 3.63) is 122 Å². The van der Waals surface area contributed by atoms with Crippen LogP contribution in [-0.2, 0) is 0 Å². The van der Waals surface area contributed by atoms with Gasteiger partial charge in [0.05, 0.1) is 85.3 Å². The summed E-state index contributed by atoms with van der Waals surface area (Å²) in [5.74, 6) is 3.47. The van der Waals surface area contributed by atoms with Crippen molar-refractivity contribution in [2.75, 3.05) is 85.3 Å². The molecule has 0 fully saturated rings. The molecular formula is C60H66O21. The standard InChI is InChI=1S/3C19H18O7.3CH4/c1-22-11-5-10(6-12(7-11)23-2)19-18(21)17(20)16-14(25-4)8-13(24-3)9-15(16)26-19;2*1-22-11-8-14(25-4)16-15(9-11)26-19(18(21)17(16)20)10-5-6-12(23-2)13(7-10)24-3;;;/h3*5-9,21H,1-4H3;3*1H4. The lowest BCUT2D eigenvalue weighted by Crippen LogP contribution is -2.05. The molecule has 3 heterocycles. The Bertz CT molecular complexity index is 3670. The van der Waals surface area contributed by atoms with Gasteiger partial charge in [-0.25, -0.2) is 0 Å². The summed E-state index contributed by atoms with van der Waals surface area (Å²) in [6.45, 7) is 0.